The van der Waals surface area contributed by atoms with Crippen LogP contribution in [-0.2, 0) is 24.3 Å². The monoisotopic (exact) mass is 434 g/mol. The Morgan fingerprint density at radius 2 is 1.81 bits per heavy atom. The van der Waals surface area contributed by atoms with Crippen molar-refractivity contribution in [2.45, 2.75) is 33.4 Å². The average Bonchev–Trinajstić information content (AvgIpc) is 3.23. The molecule has 0 fully saturated rings. The zero-order valence-electron chi connectivity index (χ0n) is 18.6. The second-order valence-electron chi connectivity index (χ2n) is 7.48. The minimum Gasteiger partial charge on any atom is -0.497 e. The summed E-state index contributed by atoms with van der Waals surface area (Å²) in [7, 11) is 1.65. The molecule has 2 heterocycles. The summed E-state index contributed by atoms with van der Waals surface area (Å²) in [6, 6.07) is 13.1. The molecule has 2 aromatic heterocycles. The number of methoxy groups -OCH3 is 1. The zero-order chi connectivity index (χ0) is 22.5. The number of nitrogens with one attached hydrogen (secondary N) is 1. The topological polar surface area (TPSA) is 61.2 Å². The van der Waals surface area contributed by atoms with Crippen LogP contribution in [0.15, 0.2) is 54.9 Å². The van der Waals surface area contributed by atoms with Crippen molar-refractivity contribution >= 4 is 22.4 Å². The number of fused-ring (bicyclic) bond motifs is 1. The lowest BCUT2D eigenvalue weighted by Crippen LogP contribution is -2.05. The van der Waals surface area contributed by atoms with Crippen molar-refractivity contribution in [3.8, 4) is 5.75 Å². The molecule has 166 valence electrons. The number of hydrogen-bond acceptors (Lipinski definition) is 5. The van der Waals surface area contributed by atoms with Crippen LogP contribution in [0.5, 0.6) is 5.75 Å². The van der Waals surface area contributed by atoms with E-state index < -0.39 is 0 Å². The van der Waals surface area contributed by atoms with Crippen LogP contribution in [0, 0.1) is 5.82 Å². The first-order valence-corrected chi connectivity index (χ1v) is 10.7. The van der Waals surface area contributed by atoms with Crippen molar-refractivity contribution in [2.75, 3.05) is 19.0 Å². The van der Waals surface area contributed by atoms with Crippen molar-refractivity contribution in [3.05, 3.63) is 77.4 Å². The number of aryl methyl sites for hydroxylation is 1. The van der Waals surface area contributed by atoms with Gasteiger partial charge in [-0.3, -0.25) is 0 Å². The Bertz CT molecular complexity index is 1200. The molecular weight excluding hydrogens is 407 g/mol. The third kappa shape index (κ3) is 4.57. The summed E-state index contributed by atoms with van der Waals surface area (Å²) < 4.78 is 27.4. The summed E-state index contributed by atoms with van der Waals surface area (Å²) in [5, 5.41) is 8.64. The number of nitrogens with zero attached hydrogens (tertiary/aromatic N) is 3. The van der Waals surface area contributed by atoms with Gasteiger partial charge in [0, 0.05) is 18.4 Å². The SMILES string of the molecule is CCOCc1cnc2c(cnn2Cc2ccc(OC)cc2)c1Nc1ccc(CC)cc1F. The van der Waals surface area contributed by atoms with E-state index in [0.29, 0.717) is 31.1 Å². The van der Waals surface area contributed by atoms with Crippen molar-refractivity contribution in [3.63, 3.8) is 0 Å². The molecular formula is C25H27FN4O2. The fraction of sp³-hybridized carbons (Fsp3) is 0.280. The highest BCUT2D eigenvalue weighted by Gasteiger charge is 2.16. The van der Waals surface area contributed by atoms with Gasteiger partial charge in [-0.15, -0.1) is 0 Å². The molecule has 32 heavy (non-hydrogen) atoms. The molecule has 0 amide bonds. The van der Waals surface area contributed by atoms with Crippen LogP contribution in [0.4, 0.5) is 15.8 Å². The Kier molecular flexibility index (Phi) is 6.66. The number of pyridine rings is 1. The minimum atomic E-state index is -0.290. The highest BCUT2D eigenvalue weighted by atomic mass is 19.1. The van der Waals surface area contributed by atoms with Gasteiger partial charge in [0.1, 0.15) is 11.6 Å². The first kappa shape index (κ1) is 21.8. The smallest absolute Gasteiger partial charge is 0.160 e. The van der Waals surface area contributed by atoms with Gasteiger partial charge in [-0.1, -0.05) is 25.1 Å². The first-order chi connectivity index (χ1) is 15.6. The highest BCUT2D eigenvalue weighted by Crippen LogP contribution is 2.31. The van der Waals surface area contributed by atoms with Gasteiger partial charge in [0.25, 0.3) is 0 Å². The second-order valence-corrected chi connectivity index (χ2v) is 7.48. The van der Waals surface area contributed by atoms with Gasteiger partial charge in [-0.05, 0) is 48.7 Å². The maximum absolute atomic E-state index is 14.7. The summed E-state index contributed by atoms with van der Waals surface area (Å²) in [4.78, 5) is 4.64. The Morgan fingerprint density at radius 3 is 2.50 bits per heavy atom. The number of anilines is 2. The van der Waals surface area contributed by atoms with Crippen LogP contribution in [0.25, 0.3) is 11.0 Å². The predicted octanol–water partition coefficient (Wildman–Crippen LogP) is 5.47. The summed E-state index contributed by atoms with van der Waals surface area (Å²) in [6.07, 6.45) is 4.32. The summed E-state index contributed by atoms with van der Waals surface area (Å²) in [6.45, 7) is 5.46. The Balaban J connectivity index is 1.71. The van der Waals surface area contributed by atoms with Crippen LogP contribution in [0.2, 0.25) is 0 Å². The fourth-order valence-corrected chi connectivity index (χ4v) is 3.57. The van der Waals surface area contributed by atoms with Crippen LogP contribution in [-0.4, -0.2) is 28.5 Å². The maximum atomic E-state index is 14.7. The van der Waals surface area contributed by atoms with Gasteiger partial charge in [0.05, 0.1) is 43.2 Å². The quantitative estimate of drug-likeness (QED) is 0.379. The summed E-state index contributed by atoms with van der Waals surface area (Å²) >= 11 is 0. The van der Waals surface area contributed by atoms with E-state index in [4.69, 9.17) is 9.47 Å². The largest absolute Gasteiger partial charge is 0.497 e. The van der Waals surface area contributed by atoms with Crippen LogP contribution < -0.4 is 10.1 Å². The normalized spacial score (nSPS) is 11.1. The second kappa shape index (κ2) is 9.78. The van der Waals surface area contributed by atoms with Crippen LogP contribution in [0.1, 0.15) is 30.5 Å². The van der Waals surface area contributed by atoms with E-state index in [-0.39, 0.29) is 5.82 Å². The van der Waals surface area contributed by atoms with Gasteiger partial charge in [0.15, 0.2) is 5.65 Å². The van der Waals surface area contributed by atoms with Gasteiger partial charge in [0.2, 0.25) is 0 Å². The molecule has 6 nitrogen and oxygen atoms in total. The number of ether oxygens (including phenoxy) is 2. The van der Waals surface area contributed by atoms with Crippen molar-refractivity contribution < 1.29 is 13.9 Å². The molecule has 1 N–H and O–H groups in total. The van der Waals surface area contributed by atoms with Crippen molar-refractivity contribution in [1.29, 1.82) is 0 Å². The van der Waals surface area contributed by atoms with Gasteiger partial charge in [-0.2, -0.15) is 5.10 Å². The Hall–Kier alpha value is -3.45. The average molecular weight is 435 g/mol. The Labute approximate surface area is 187 Å². The summed E-state index contributed by atoms with van der Waals surface area (Å²) in [5.41, 5.74) is 4.76. The minimum absolute atomic E-state index is 0.290. The van der Waals surface area contributed by atoms with E-state index in [2.05, 4.69) is 15.4 Å². The summed E-state index contributed by atoms with van der Waals surface area (Å²) in [5.74, 6) is 0.516. The Morgan fingerprint density at radius 1 is 1.03 bits per heavy atom. The lowest BCUT2D eigenvalue weighted by Gasteiger charge is -2.15. The van der Waals surface area contributed by atoms with E-state index >= 15 is 0 Å². The molecule has 0 unspecified atom stereocenters. The van der Waals surface area contributed by atoms with E-state index in [1.165, 1.54) is 0 Å². The molecule has 0 saturated heterocycles. The molecule has 2 aromatic carbocycles. The molecule has 0 saturated carbocycles. The van der Waals surface area contributed by atoms with Crippen LogP contribution in [0.3, 0.4) is 0 Å². The number of halogens is 1. The van der Waals surface area contributed by atoms with Gasteiger partial charge in [-0.25, -0.2) is 14.1 Å². The third-order valence-corrected chi connectivity index (χ3v) is 5.40. The molecule has 0 atom stereocenters. The molecule has 0 aliphatic heterocycles. The van der Waals surface area contributed by atoms with E-state index in [0.717, 1.165) is 39.9 Å². The maximum Gasteiger partial charge on any atom is 0.160 e. The zero-order valence-corrected chi connectivity index (χ0v) is 18.6. The van der Waals surface area contributed by atoms with E-state index in [1.807, 2.05) is 48.9 Å². The van der Waals surface area contributed by atoms with E-state index in [9.17, 15) is 4.39 Å². The number of rotatable bonds is 9. The molecule has 0 aliphatic rings. The standard InChI is InChI=1S/C25H27FN4O2/c1-4-17-8-11-23(22(26)12-17)29-24-19(16-32-5-2)13-27-25-21(24)14-28-30(25)15-18-6-9-20(31-3)10-7-18/h6-14H,4-5,15-16H2,1-3H3,(H,27,29). The lowest BCUT2D eigenvalue weighted by molar-refractivity contribution is 0.134. The predicted molar refractivity (Wildman–Crippen MR) is 124 cm³/mol. The third-order valence-electron chi connectivity index (χ3n) is 5.40. The molecule has 0 bridgehead atoms. The highest BCUT2D eigenvalue weighted by molar-refractivity contribution is 5.92. The van der Waals surface area contributed by atoms with Crippen LogP contribution >= 0.6 is 0 Å². The van der Waals surface area contributed by atoms with Crippen molar-refractivity contribution in [2.24, 2.45) is 0 Å². The van der Waals surface area contributed by atoms with E-state index in [1.54, 1.807) is 31.6 Å². The lowest BCUT2D eigenvalue weighted by atomic mass is 10.1. The number of benzene rings is 2. The molecule has 7 heteroatoms. The molecule has 0 aliphatic carbocycles. The van der Waals surface area contributed by atoms with Crippen molar-refractivity contribution in [1.82, 2.24) is 14.8 Å². The van der Waals surface area contributed by atoms with Gasteiger partial charge < -0.3 is 14.8 Å². The number of aromatic nitrogens is 3. The molecule has 0 spiro atoms. The number of hydrogen-bond donors (Lipinski definition) is 1. The first-order valence-electron chi connectivity index (χ1n) is 10.7. The fourth-order valence-electron chi connectivity index (χ4n) is 3.57. The molecule has 0 radical (unpaired) electrons. The molecule has 4 rings (SSSR count). The molecule has 4 aromatic rings. The van der Waals surface area contributed by atoms with Gasteiger partial charge >= 0.3 is 0 Å².